The van der Waals surface area contributed by atoms with Gasteiger partial charge in [-0.1, -0.05) is 58.3 Å². The summed E-state index contributed by atoms with van der Waals surface area (Å²) in [6.45, 7) is 0. The van der Waals surface area contributed by atoms with Crippen LogP contribution in [-0.2, 0) is 0 Å². The third-order valence-electron chi connectivity index (χ3n) is 2.93. The summed E-state index contributed by atoms with van der Waals surface area (Å²) in [6, 6.07) is 20.6. The van der Waals surface area contributed by atoms with Crippen molar-refractivity contribution in [3.8, 4) is 11.1 Å². The number of hydrogen-bond donors (Lipinski definition) is 1. The molecule has 0 aromatic heterocycles. The normalized spacial score (nSPS) is 10.8. The summed E-state index contributed by atoms with van der Waals surface area (Å²) in [5, 5.41) is 2.53. The van der Waals surface area contributed by atoms with Gasteiger partial charge in [-0.3, -0.25) is 0 Å². The molecular formula is C15H12N-. The standard InChI is InChI=1S/C15H12N/c16-15-8-4-3-7-14(15)13-10-9-11-5-1-2-6-12(11)13/h1-10H,16H2/q-1. The van der Waals surface area contributed by atoms with Crippen LogP contribution in [0.15, 0.2) is 60.7 Å². The number of nitrogen functional groups attached to an aromatic ring is 1. The van der Waals surface area contributed by atoms with Gasteiger partial charge in [0.15, 0.2) is 0 Å². The van der Waals surface area contributed by atoms with E-state index in [0.717, 1.165) is 11.3 Å². The van der Waals surface area contributed by atoms with Crippen molar-refractivity contribution < 1.29 is 0 Å². The van der Waals surface area contributed by atoms with Crippen molar-refractivity contribution in [1.82, 2.24) is 0 Å². The quantitative estimate of drug-likeness (QED) is 0.475. The van der Waals surface area contributed by atoms with Gasteiger partial charge in [0.05, 0.1) is 0 Å². The topological polar surface area (TPSA) is 26.0 Å². The van der Waals surface area contributed by atoms with Crippen molar-refractivity contribution in [3.63, 3.8) is 0 Å². The molecule has 0 aliphatic rings. The second-order valence-electron chi connectivity index (χ2n) is 3.92. The zero-order valence-corrected chi connectivity index (χ0v) is 8.85. The van der Waals surface area contributed by atoms with Crippen LogP contribution in [0.3, 0.4) is 0 Å². The molecule has 3 rings (SSSR count). The summed E-state index contributed by atoms with van der Waals surface area (Å²) >= 11 is 0. The van der Waals surface area contributed by atoms with Crippen LogP contribution in [0.25, 0.3) is 21.9 Å². The van der Waals surface area contributed by atoms with Crippen LogP contribution < -0.4 is 5.73 Å². The Balaban J connectivity index is 2.31. The Morgan fingerprint density at radius 2 is 1.56 bits per heavy atom. The maximum Gasteiger partial charge on any atom is -0.0149 e. The molecule has 0 saturated carbocycles. The third-order valence-corrected chi connectivity index (χ3v) is 2.93. The predicted octanol–water partition coefficient (Wildman–Crippen LogP) is 3.81. The van der Waals surface area contributed by atoms with Gasteiger partial charge in [-0.2, -0.15) is 0 Å². The van der Waals surface area contributed by atoms with E-state index in [1.807, 2.05) is 18.2 Å². The highest BCUT2D eigenvalue weighted by Gasteiger charge is 1.99. The van der Waals surface area contributed by atoms with Crippen molar-refractivity contribution >= 4 is 16.5 Å². The molecule has 0 heterocycles. The van der Waals surface area contributed by atoms with Crippen molar-refractivity contribution in [1.29, 1.82) is 0 Å². The highest BCUT2D eigenvalue weighted by molar-refractivity contribution is 6.01. The number of anilines is 1. The van der Waals surface area contributed by atoms with Gasteiger partial charge in [-0.05, 0) is 5.69 Å². The Hall–Kier alpha value is -2.15. The molecule has 3 aromatic rings. The molecule has 0 unspecified atom stereocenters. The van der Waals surface area contributed by atoms with Crippen LogP contribution in [0.1, 0.15) is 0 Å². The molecule has 0 aliphatic carbocycles. The van der Waals surface area contributed by atoms with Crippen LogP contribution >= 0.6 is 0 Å². The van der Waals surface area contributed by atoms with Crippen LogP contribution in [0.5, 0.6) is 0 Å². The Kier molecular flexibility index (Phi) is 1.97. The van der Waals surface area contributed by atoms with Crippen LogP contribution in [0.4, 0.5) is 5.69 Å². The van der Waals surface area contributed by atoms with Gasteiger partial charge in [-0.25, -0.2) is 0 Å². The van der Waals surface area contributed by atoms with Gasteiger partial charge in [0.2, 0.25) is 0 Å². The van der Waals surface area contributed by atoms with E-state index < -0.39 is 0 Å². The molecular weight excluding hydrogens is 194 g/mol. The fourth-order valence-electron chi connectivity index (χ4n) is 2.13. The number of para-hydroxylation sites is 1. The fourth-order valence-corrected chi connectivity index (χ4v) is 2.13. The second kappa shape index (κ2) is 3.46. The first-order valence-electron chi connectivity index (χ1n) is 5.35. The van der Waals surface area contributed by atoms with Crippen molar-refractivity contribution in [2.24, 2.45) is 0 Å². The Labute approximate surface area is 94.5 Å². The lowest BCUT2D eigenvalue weighted by Crippen LogP contribution is -1.87. The monoisotopic (exact) mass is 206 g/mol. The molecule has 1 nitrogen and oxygen atoms in total. The molecule has 0 spiro atoms. The second-order valence-corrected chi connectivity index (χ2v) is 3.92. The number of nitrogens with two attached hydrogens (primary N) is 1. The zero-order valence-electron chi connectivity index (χ0n) is 8.85. The first-order chi connectivity index (χ1) is 7.86. The molecule has 16 heavy (non-hydrogen) atoms. The van der Waals surface area contributed by atoms with E-state index in [0.29, 0.717) is 0 Å². The maximum absolute atomic E-state index is 6.00. The van der Waals surface area contributed by atoms with E-state index in [2.05, 4.69) is 42.5 Å². The molecule has 78 valence electrons. The molecule has 0 fully saturated rings. The minimum absolute atomic E-state index is 0.832. The Morgan fingerprint density at radius 3 is 2.44 bits per heavy atom. The molecule has 0 amide bonds. The van der Waals surface area contributed by atoms with E-state index in [1.165, 1.54) is 16.3 Å². The summed E-state index contributed by atoms with van der Waals surface area (Å²) in [5.74, 6) is 0. The van der Waals surface area contributed by atoms with E-state index in [1.54, 1.807) is 0 Å². The van der Waals surface area contributed by atoms with E-state index in [4.69, 9.17) is 5.73 Å². The predicted molar refractivity (Wildman–Crippen MR) is 69.4 cm³/mol. The minimum atomic E-state index is 0.832. The summed E-state index contributed by atoms with van der Waals surface area (Å²) in [6.07, 6.45) is 0. The first kappa shape index (κ1) is 9.10. The molecule has 0 bridgehead atoms. The Morgan fingerprint density at radius 1 is 0.812 bits per heavy atom. The molecule has 0 atom stereocenters. The molecule has 0 radical (unpaired) electrons. The van der Waals surface area contributed by atoms with E-state index in [-0.39, 0.29) is 0 Å². The summed E-state index contributed by atoms with van der Waals surface area (Å²) < 4.78 is 0. The van der Waals surface area contributed by atoms with Crippen molar-refractivity contribution in [3.05, 3.63) is 60.7 Å². The zero-order chi connectivity index (χ0) is 11.0. The lowest BCUT2D eigenvalue weighted by molar-refractivity contribution is 1.66. The van der Waals surface area contributed by atoms with Gasteiger partial charge < -0.3 is 5.73 Å². The lowest BCUT2D eigenvalue weighted by atomic mass is 10.0. The fraction of sp³-hybridized carbons (Fsp3) is 0. The van der Waals surface area contributed by atoms with E-state index >= 15 is 0 Å². The van der Waals surface area contributed by atoms with Crippen LogP contribution in [-0.4, -0.2) is 0 Å². The van der Waals surface area contributed by atoms with Crippen molar-refractivity contribution in [2.75, 3.05) is 5.73 Å². The first-order valence-corrected chi connectivity index (χ1v) is 5.35. The lowest BCUT2D eigenvalue weighted by Gasteiger charge is -2.10. The van der Waals surface area contributed by atoms with Crippen molar-refractivity contribution in [2.45, 2.75) is 0 Å². The van der Waals surface area contributed by atoms with Crippen LogP contribution in [0, 0.1) is 0 Å². The van der Waals surface area contributed by atoms with E-state index in [9.17, 15) is 0 Å². The molecule has 2 N–H and O–H groups in total. The highest BCUT2D eigenvalue weighted by Crippen LogP contribution is 2.33. The summed E-state index contributed by atoms with van der Waals surface area (Å²) in [4.78, 5) is 0. The highest BCUT2D eigenvalue weighted by atomic mass is 14.6. The molecule has 0 saturated heterocycles. The molecule has 0 aliphatic heterocycles. The number of benzene rings is 2. The molecule has 1 heteroatoms. The summed E-state index contributed by atoms with van der Waals surface area (Å²) in [5.41, 5.74) is 9.17. The minimum Gasteiger partial charge on any atom is -0.424 e. The van der Waals surface area contributed by atoms with Gasteiger partial charge >= 0.3 is 0 Å². The number of fused-ring (bicyclic) bond motifs is 1. The Bertz CT molecular complexity index is 634. The molecule has 3 aromatic carbocycles. The maximum atomic E-state index is 6.00. The average molecular weight is 206 g/mol. The number of hydrogen-bond acceptors (Lipinski definition) is 1. The largest absolute Gasteiger partial charge is 0.424 e. The smallest absolute Gasteiger partial charge is 0.0149 e. The average Bonchev–Trinajstić information content (AvgIpc) is 2.74. The van der Waals surface area contributed by atoms with Gasteiger partial charge in [0.25, 0.3) is 0 Å². The SMILES string of the molecule is Nc1ccccc1-[c-]1ccc2ccccc21. The van der Waals surface area contributed by atoms with Gasteiger partial charge in [0, 0.05) is 0 Å². The summed E-state index contributed by atoms with van der Waals surface area (Å²) in [7, 11) is 0. The number of rotatable bonds is 1. The van der Waals surface area contributed by atoms with Crippen LogP contribution in [0.2, 0.25) is 0 Å². The van der Waals surface area contributed by atoms with Gasteiger partial charge in [-0.15, -0.1) is 24.3 Å². The third kappa shape index (κ3) is 1.29. The van der Waals surface area contributed by atoms with Gasteiger partial charge in [0.1, 0.15) is 0 Å².